The molecule has 0 aliphatic rings. The summed E-state index contributed by atoms with van der Waals surface area (Å²) in [7, 11) is 1.61. The van der Waals surface area contributed by atoms with Crippen LogP contribution in [0.5, 0.6) is 0 Å². The Kier molecular flexibility index (Phi) is 4.39. The average Bonchev–Trinajstić information content (AvgIpc) is 3.15. The van der Waals surface area contributed by atoms with Gasteiger partial charge in [-0.2, -0.15) is 4.98 Å². The van der Waals surface area contributed by atoms with Crippen LogP contribution in [0.4, 0.5) is 0 Å². The lowest BCUT2D eigenvalue weighted by molar-refractivity contribution is 0.656. The molecule has 0 unspecified atom stereocenters. The van der Waals surface area contributed by atoms with Crippen molar-refractivity contribution in [2.45, 2.75) is 33.9 Å². The Morgan fingerprint density at radius 3 is 2.29 bits per heavy atom. The second kappa shape index (κ2) is 6.53. The van der Waals surface area contributed by atoms with Gasteiger partial charge in [-0.1, -0.05) is 29.3 Å². The van der Waals surface area contributed by atoms with E-state index in [9.17, 15) is 9.59 Å². The molecule has 146 valence electrons. The summed E-state index contributed by atoms with van der Waals surface area (Å²) in [5.74, 6) is 0.646. The third-order valence-electron chi connectivity index (χ3n) is 5.32. The molecule has 7 nitrogen and oxygen atoms in total. The molecule has 0 saturated heterocycles. The molecule has 0 bridgehead atoms. The molecular weight excluding hydrogens is 401 g/mol. The maximum absolute atomic E-state index is 13.4. The standard InChI is InChI=1S/C19H19Cl2N5O2/c1-5-24-10(2)11(3)26-15-16(22-18(24)26)23(4)19(28)25(17(15)27)9-12-13(20)7-6-8-14(12)21/h6-8H,5,9H2,1-4H3. The van der Waals surface area contributed by atoms with Crippen molar-refractivity contribution < 1.29 is 0 Å². The van der Waals surface area contributed by atoms with Gasteiger partial charge in [0.1, 0.15) is 0 Å². The smallest absolute Gasteiger partial charge is 0.314 e. The molecule has 0 aliphatic carbocycles. The SMILES string of the molecule is CCn1c(C)c(C)n2c3c(=O)n(Cc4c(Cl)cccc4Cl)c(=O)n(C)c3nc12. The summed E-state index contributed by atoms with van der Waals surface area (Å²) in [5, 5.41) is 0.813. The lowest BCUT2D eigenvalue weighted by Gasteiger charge is -2.11. The summed E-state index contributed by atoms with van der Waals surface area (Å²) in [6.45, 7) is 6.64. The van der Waals surface area contributed by atoms with Gasteiger partial charge in [0.2, 0.25) is 5.78 Å². The van der Waals surface area contributed by atoms with Gasteiger partial charge in [0.25, 0.3) is 5.56 Å². The van der Waals surface area contributed by atoms with Crippen molar-refractivity contribution in [1.29, 1.82) is 0 Å². The molecule has 28 heavy (non-hydrogen) atoms. The largest absolute Gasteiger partial charge is 0.332 e. The first-order chi connectivity index (χ1) is 13.3. The molecule has 4 aromatic rings. The van der Waals surface area contributed by atoms with Crippen LogP contribution in [0.1, 0.15) is 23.9 Å². The predicted octanol–water partition coefficient (Wildman–Crippen LogP) is 3.14. The number of aryl methyl sites for hydroxylation is 3. The molecule has 3 heterocycles. The first-order valence-corrected chi connectivity index (χ1v) is 9.64. The Morgan fingerprint density at radius 2 is 1.68 bits per heavy atom. The molecule has 0 N–H and O–H groups in total. The van der Waals surface area contributed by atoms with E-state index in [0.29, 0.717) is 39.1 Å². The highest BCUT2D eigenvalue weighted by molar-refractivity contribution is 6.35. The number of aromatic nitrogens is 5. The van der Waals surface area contributed by atoms with Gasteiger partial charge < -0.3 is 4.57 Å². The normalized spacial score (nSPS) is 11.8. The quantitative estimate of drug-likeness (QED) is 0.512. The summed E-state index contributed by atoms with van der Waals surface area (Å²) >= 11 is 12.5. The fraction of sp³-hybridized carbons (Fsp3) is 0.316. The van der Waals surface area contributed by atoms with Crippen molar-refractivity contribution >= 4 is 40.1 Å². The Morgan fingerprint density at radius 1 is 1.04 bits per heavy atom. The van der Waals surface area contributed by atoms with Gasteiger partial charge in [0.05, 0.1) is 6.54 Å². The van der Waals surface area contributed by atoms with Crippen LogP contribution in [0.25, 0.3) is 16.9 Å². The fourth-order valence-corrected chi connectivity index (χ4v) is 4.19. The summed E-state index contributed by atoms with van der Waals surface area (Å²) in [6, 6.07) is 5.09. The lowest BCUT2D eigenvalue weighted by atomic mass is 10.2. The summed E-state index contributed by atoms with van der Waals surface area (Å²) in [5.41, 5.74) is 2.32. The first kappa shape index (κ1) is 18.8. The Labute approximate surface area is 170 Å². The second-order valence-corrected chi connectivity index (χ2v) is 7.58. The zero-order valence-corrected chi connectivity index (χ0v) is 17.5. The van der Waals surface area contributed by atoms with Crippen LogP contribution in [0.15, 0.2) is 27.8 Å². The molecule has 0 amide bonds. The molecule has 0 fully saturated rings. The van der Waals surface area contributed by atoms with Gasteiger partial charge in [-0.05, 0) is 32.9 Å². The zero-order chi connectivity index (χ0) is 20.3. The van der Waals surface area contributed by atoms with Crippen LogP contribution in [-0.2, 0) is 20.1 Å². The van der Waals surface area contributed by atoms with E-state index in [0.717, 1.165) is 16.0 Å². The predicted molar refractivity (Wildman–Crippen MR) is 111 cm³/mol. The summed E-state index contributed by atoms with van der Waals surface area (Å²) in [4.78, 5) is 30.9. The highest BCUT2D eigenvalue weighted by atomic mass is 35.5. The molecule has 1 aromatic carbocycles. The van der Waals surface area contributed by atoms with Gasteiger partial charge in [-0.3, -0.25) is 18.3 Å². The number of imidazole rings is 2. The second-order valence-electron chi connectivity index (χ2n) is 6.77. The average molecular weight is 420 g/mol. The number of nitrogens with zero attached hydrogens (tertiary/aromatic N) is 5. The molecule has 0 saturated carbocycles. The molecular formula is C19H19Cl2N5O2. The van der Waals surface area contributed by atoms with E-state index in [4.69, 9.17) is 23.2 Å². The van der Waals surface area contributed by atoms with Crippen molar-refractivity contribution in [3.05, 3.63) is 66.0 Å². The Hall–Kier alpha value is -2.51. The van der Waals surface area contributed by atoms with E-state index in [1.807, 2.05) is 29.7 Å². The number of hydrogen-bond acceptors (Lipinski definition) is 3. The van der Waals surface area contributed by atoms with Crippen molar-refractivity contribution in [3.63, 3.8) is 0 Å². The van der Waals surface area contributed by atoms with Crippen LogP contribution < -0.4 is 11.2 Å². The van der Waals surface area contributed by atoms with E-state index in [-0.39, 0.29) is 6.54 Å². The number of halogens is 2. The van der Waals surface area contributed by atoms with Crippen LogP contribution in [0, 0.1) is 13.8 Å². The number of fused-ring (bicyclic) bond motifs is 3. The third-order valence-corrected chi connectivity index (χ3v) is 6.03. The fourth-order valence-electron chi connectivity index (χ4n) is 3.67. The van der Waals surface area contributed by atoms with Gasteiger partial charge in [-0.25, -0.2) is 4.79 Å². The van der Waals surface area contributed by atoms with E-state index < -0.39 is 11.2 Å². The Bertz CT molecular complexity index is 1350. The minimum atomic E-state index is -0.466. The van der Waals surface area contributed by atoms with E-state index in [1.54, 1.807) is 25.2 Å². The van der Waals surface area contributed by atoms with Crippen LogP contribution in [0.3, 0.4) is 0 Å². The molecule has 0 aliphatic heterocycles. The van der Waals surface area contributed by atoms with E-state index in [1.165, 1.54) is 4.57 Å². The van der Waals surface area contributed by atoms with E-state index in [2.05, 4.69) is 4.98 Å². The highest BCUT2D eigenvalue weighted by Gasteiger charge is 2.22. The number of hydrogen-bond donors (Lipinski definition) is 0. The maximum Gasteiger partial charge on any atom is 0.332 e. The van der Waals surface area contributed by atoms with Gasteiger partial charge >= 0.3 is 5.69 Å². The zero-order valence-electron chi connectivity index (χ0n) is 16.0. The highest BCUT2D eigenvalue weighted by Crippen LogP contribution is 2.25. The minimum absolute atomic E-state index is 0.0142. The van der Waals surface area contributed by atoms with Gasteiger partial charge in [0, 0.05) is 40.6 Å². The first-order valence-electron chi connectivity index (χ1n) is 8.88. The summed E-state index contributed by atoms with van der Waals surface area (Å²) in [6.07, 6.45) is 0. The van der Waals surface area contributed by atoms with Crippen molar-refractivity contribution in [2.75, 3.05) is 0 Å². The number of benzene rings is 1. The monoisotopic (exact) mass is 419 g/mol. The molecule has 4 rings (SSSR count). The van der Waals surface area contributed by atoms with E-state index >= 15 is 0 Å². The maximum atomic E-state index is 13.4. The number of rotatable bonds is 3. The van der Waals surface area contributed by atoms with Crippen molar-refractivity contribution in [2.24, 2.45) is 7.05 Å². The van der Waals surface area contributed by atoms with Crippen LogP contribution >= 0.6 is 23.2 Å². The summed E-state index contributed by atoms with van der Waals surface area (Å²) < 4.78 is 6.39. The minimum Gasteiger partial charge on any atom is -0.314 e. The molecule has 0 radical (unpaired) electrons. The van der Waals surface area contributed by atoms with Gasteiger partial charge in [-0.15, -0.1) is 0 Å². The van der Waals surface area contributed by atoms with Crippen LogP contribution in [-0.4, -0.2) is 23.1 Å². The molecule has 3 aromatic heterocycles. The van der Waals surface area contributed by atoms with Gasteiger partial charge in [0.15, 0.2) is 11.2 Å². The third kappa shape index (κ3) is 2.46. The Balaban J connectivity index is 2.11. The van der Waals surface area contributed by atoms with Crippen molar-refractivity contribution in [1.82, 2.24) is 23.1 Å². The molecule has 0 spiro atoms. The van der Waals surface area contributed by atoms with Crippen molar-refractivity contribution in [3.8, 4) is 0 Å². The lowest BCUT2D eigenvalue weighted by Crippen LogP contribution is -2.39. The molecule has 0 atom stereocenters. The molecule has 9 heteroatoms. The van der Waals surface area contributed by atoms with Crippen LogP contribution in [0.2, 0.25) is 10.0 Å². The topological polar surface area (TPSA) is 66.2 Å².